The first-order valence-electron chi connectivity index (χ1n) is 5.85. The molecule has 1 atom stereocenters. The molecule has 2 N–H and O–H groups in total. The number of rotatable bonds is 5. The van der Waals surface area contributed by atoms with E-state index in [0.29, 0.717) is 6.54 Å². The first-order chi connectivity index (χ1) is 8.58. The Morgan fingerprint density at radius 2 is 2.11 bits per heavy atom. The summed E-state index contributed by atoms with van der Waals surface area (Å²) in [5.74, 6) is -1.22. The van der Waals surface area contributed by atoms with Crippen molar-refractivity contribution < 1.29 is 18.3 Å². The molecule has 0 saturated heterocycles. The van der Waals surface area contributed by atoms with Gasteiger partial charge in [-0.3, -0.25) is 4.79 Å². The molecule has 19 heavy (non-hydrogen) atoms. The summed E-state index contributed by atoms with van der Waals surface area (Å²) in [5.41, 5.74) is -0.744. The van der Waals surface area contributed by atoms with Crippen LogP contribution in [0.1, 0.15) is 27.7 Å². The van der Waals surface area contributed by atoms with Gasteiger partial charge in [-0.05, 0) is 12.3 Å². The van der Waals surface area contributed by atoms with Crippen molar-refractivity contribution in [2.45, 2.75) is 45.3 Å². The lowest BCUT2D eigenvalue weighted by atomic mass is 9.88. The molecule has 1 aromatic rings. The highest BCUT2D eigenvalue weighted by atomic mass is 32.2. The smallest absolute Gasteiger partial charge is 0.322 e. The highest BCUT2D eigenvalue weighted by Crippen LogP contribution is 2.21. The summed E-state index contributed by atoms with van der Waals surface area (Å²) in [5, 5.41) is 8.94. The molecule has 0 fully saturated rings. The number of carboxylic acids is 1. The molecule has 0 spiro atoms. The van der Waals surface area contributed by atoms with Crippen LogP contribution in [0, 0.1) is 5.41 Å². The lowest BCUT2D eigenvalue weighted by Crippen LogP contribution is -2.49. The average molecular weight is 289 g/mol. The standard InChI is InChI=1S/C11H19N3O4S/c1-5-14-6-8(12-7-14)19(17,18)13-9(10(15)16)11(2,3)4/h6-7,9,13H,5H2,1-4H3,(H,15,16)/t9-/m1/s1. The van der Waals surface area contributed by atoms with Crippen LogP contribution in [0.5, 0.6) is 0 Å². The van der Waals surface area contributed by atoms with Crippen molar-refractivity contribution in [1.82, 2.24) is 14.3 Å². The summed E-state index contributed by atoms with van der Waals surface area (Å²) < 4.78 is 27.9. The maximum Gasteiger partial charge on any atom is 0.322 e. The zero-order chi connectivity index (χ0) is 14.8. The molecule has 0 amide bonds. The number of aryl methyl sites for hydroxylation is 1. The van der Waals surface area contributed by atoms with Crippen LogP contribution in [0.3, 0.4) is 0 Å². The van der Waals surface area contributed by atoms with Crippen molar-refractivity contribution in [2.75, 3.05) is 0 Å². The molecule has 1 aromatic heterocycles. The van der Waals surface area contributed by atoms with Gasteiger partial charge >= 0.3 is 5.97 Å². The Kier molecular flexibility index (Phi) is 4.36. The first kappa shape index (κ1) is 15.6. The second-order valence-electron chi connectivity index (χ2n) is 5.30. The fourth-order valence-electron chi connectivity index (χ4n) is 1.46. The molecule has 0 aromatic carbocycles. The van der Waals surface area contributed by atoms with Gasteiger partial charge < -0.3 is 9.67 Å². The number of aromatic nitrogens is 2. The normalized spacial score (nSPS) is 14.3. The van der Waals surface area contributed by atoms with Crippen molar-refractivity contribution in [3.05, 3.63) is 12.5 Å². The summed E-state index contributed by atoms with van der Waals surface area (Å²) in [7, 11) is -3.94. The minimum absolute atomic E-state index is 0.176. The van der Waals surface area contributed by atoms with E-state index >= 15 is 0 Å². The molecule has 0 aliphatic rings. The summed E-state index contributed by atoms with van der Waals surface area (Å²) in [6.07, 6.45) is 2.76. The topological polar surface area (TPSA) is 101 Å². The SMILES string of the molecule is CCn1cnc(S(=O)(=O)N[C@H](C(=O)O)C(C)(C)C)c1. The second kappa shape index (κ2) is 5.30. The van der Waals surface area contributed by atoms with Crippen LogP contribution in [-0.2, 0) is 21.4 Å². The number of carbonyl (C=O) groups is 1. The van der Waals surface area contributed by atoms with Crippen LogP contribution in [0.15, 0.2) is 17.6 Å². The predicted molar refractivity (Wildman–Crippen MR) is 69.1 cm³/mol. The van der Waals surface area contributed by atoms with Gasteiger partial charge in [0.05, 0.1) is 6.33 Å². The van der Waals surface area contributed by atoms with Gasteiger partial charge in [0.25, 0.3) is 10.0 Å². The van der Waals surface area contributed by atoms with Crippen LogP contribution in [0.4, 0.5) is 0 Å². The van der Waals surface area contributed by atoms with E-state index in [-0.39, 0.29) is 5.03 Å². The Bertz CT molecular complexity index is 557. The molecule has 1 rings (SSSR count). The molecular weight excluding hydrogens is 270 g/mol. The lowest BCUT2D eigenvalue weighted by molar-refractivity contribution is -0.141. The second-order valence-corrected chi connectivity index (χ2v) is 6.96. The zero-order valence-corrected chi connectivity index (χ0v) is 12.2. The number of nitrogens with zero attached hydrogens (tertiary/aromatic N) is 2. The van der Waals surface area contributed by atoms with Gasteiger partial charge in [0, 0.05) is 12.7 Å². The predicted octanol–water partition coefficient (Wildman–Crippen LogP) is 0.681. The fourth-order valence-corrected chi connectivity index (χ4v) is 2.81. The molecule has 0 bridgehead atoms. The molecule has 0 saturated carbocycles. The van der Waals surface area contributed by atoms with Gasteiger partial charge in [-0.1, -0.05) is 20.8 Å². The van der Waals surface area contributed by atoms with E-state index in [2.05, 4.69) is 9.71 Å². The molecule has 0 aliphatic carbocycles. The quantitative estimate of drug-likeness (QED) is 0.830. The zero-order valence-electron chi connectivity index (χ0n) is 11.4. The Morgan fingerprint density at radius 3 is 2.47 bits per heavy atom. The minimum Gasteiger partial charge on any atom is -0.480 e. The molecule has 108 valence electrons. The van der Waals surface area contributed by atoms with Crippen molar-refractivity contribution in [3.63, 3.8) is 0 Å². The third kappa shape index (κ3) is 3.77. The van der Waals surface area contributed by atoms with Crippen LogP contribution in [0.2, 0.25) is 0 Å². The molecule has 0 unspecified atom stereocenters. The summed E-state index contributed by atoms with van der Waals surface area (Å²) in [6.45, 7) is 7.39. The van der Waals surface area contributed by atoms with Gasteiger partial charge in [0.15, 0.2) is 5.03 Å². The number of sulfonamides is 1. The van der Waals surface area contributed by atoms with Crippen molar-refractivity contribution in [1.29, 1.82) is 0 Å². The van der Waals surface area contributed by atoms with Crippen molar-refractivity contribution in [2.24, 2.45) is 5.41 Å². The molecule has 0 aliphatic heterocycles. The highest BCUT2D eigenvalue weighted by Gasteiger charge is 2.35. The first-order valence-corrected chi connectivity index (χ1v) is 7.33. The lowest BCUT2D eigenvalue weighted by Gasteiger charge is -2.27. The van der Waals surface area contributed by atoms with Gasteiger partial charge in [-0.2, -0.15) is 4.72 Å². The van der Waals surface area contributed by atoms with Crippen LogP contribution in [-0.4, -0.2) is 35.1 Å². The van der Waals surface area contributed by atoms with E-state index < -0.39 is 27.4 Å². The number of aliphatic carboxylic acids is 1. The minimum atomic E-state index is -3.94. The third-order valence-electron chi connectivity index (χ3n) is 2.64. The van der Waals surface area contributed by atoms with E-state index in [1.54, 1.807) is 25.3 Å². The van der Waals surface area contributed by atoms with Crippen molar-refractivity contribution >= 4 is 16.0 Å². The molecular formula is C11H19N3O4S. The maximum absolute atomic E-state index is 12.1. The number of hydrogen-bond acceptors (Lipinski definition) is 4. The Balaban J connectivity index is 3.04. The van der Waals surface area contributed by atoms with E-state index in [0.717, 1.165) is 0 Å². The van der Waals surface area contributed by atoms with E-state index in [4.69, 9.17) is 5.11 Å². The average Bonchev–Trinajstić information content (AvgIpc) is 2.73. The van der Waals surface area contributed by atoms with Gasteiger partial charge in [0.2, 0.25) is 0 Å². The summed E-state index contributed by atoms with van der Waals surface area (Å²) in [6, 6.07) is -1.22. The number of nitrogens with one attached hydrogen (secondary N) is 1. The van der Waals surface area contributed by atoms with Crippen molar-refractivity contribution in [3.8, 4) is 0 Å². The Morgan fingerprint density at radius 1 is 1.53 bits per heavy atom. The Labute approximate surface area is 112 Å². The molecule has 1 heterocycles. The summed E-state index contributed by atoms with van der Waals surface area (Å²) in [4.78, 5) is 14.9. The van der Waals surface area contributed by atoms with Crippen LogP contribution in [0.25, 0.3) is 0 Å². The fraction of sp³-hybridized carbons (Fsp3) is 0.636. The Hall–Kier alpha value is -1.41. The van der Waals surface area contributed by atoms with E-state index in [9.17, 15) is 13.2 Å². The monoisotopic (exact) mass is 289 g/mol. The number of hydrogen-bond donors (Lipinski definition) is 2. The van der Waals surface area contributed by atoms with Gasteiger partial charge in [-0.15, -0.1) is 0 Å². The highest BCUT2D eigenvalue weighted by molar-refractivity contribution is 7.89. The van der Waals surface area contributed by atoms with E-state index in [1.807, 2.05) is 6.92 Å². The molecule has 0 radical (unpaired) electrons. The van der Waals surface area contributed by atoms with E-state index in [1.165, 1.54) is 12.5 Å². The number of imidazole rings is 1. The van der Waals surface area contributed by atoms with Crippen LogP contribution < -0.4 is 4.72 Å². The van der Waals surface area contributed by atoms with Gasteiger partial charge in [-0.25, -0.2) is 13.4 Å². The van der Waals surface area contributed by atoms with Gasteiger partial charge in [0.1, 0.15) is 6.04 Å². The maximum atomic E-state index is 12.1. The largest absolute Gasteiger partial charge is 0.480 e. The van der Waals surface area contributed by atoms with Crippen LogP contribution >= 0.6 is 0 Å². The number of carboxylic acid groups (broad SMARTS) is 1. The third-order valence-corrected chi connectivity index (χ3v) is 3.94. The molecule has 8 heteroatoms. The summed E-state index contributed by atoms with van der Waals surface area (Å²) >= 11 is 0. The molecule has 7 nitrogen and oxygen atoms in total.